The van der Waals surface area contributed by atoms with Gasteiger partial charge in [0, 0.05) is 5.56 Å². The lowest BCUT2D eigenvalue weighted by Crippen LogP contribution is -2.18. The molecule has 21 heavy (non-hydrogen) atoms. The molecule has 0 aliphatic heterocycles. The van der Waals surface area contributed by atoms with Gasteiger partial charge in [-0.2, -0.15) is 0 Å². The molecule has 3 aromatic carbocycles. The van der Waals surface area contributed by atoms with Gasteiger partial charge in [0.25, 0.3) is 0 Å². The van der Waals surface area contributed by atoms with Gasteiger partial charge >= 0.3 is 6.09 Å². The zero-order valence-corrected chi connectivity index (χ0v) is 11.4. The molecule has 0 spiro atoms. The van der Waals surface area contributed by atoms with Crippen LogP contribution in [-0.2, 0) is 4.74 Å². The van der Waals surface area contributed by atoms with Crippen LogP contribution < -0.4 is 5.73 Å². The number of fused-ring (bicyclic) bond motifs is 1. The number of carbonyl (C=O) groups is 1. The summed E-state index contributed by atoms with van der Waals surface area (Å²) in [5.41, 5.74) is 7.08. The van der Waals surface area contributed by atoms with Gasteiger partial charge in [0.05, 0.1) is 0 Å². The van der Waals surface area contributed by atoms with Gasteiger partial charge in [0.2, 0.25) is 0 Å². The van der Waals surface area contributed by atoms with E-state index in [1.54, 1.807) is 0 Å². The first-order valence-corrected chi connectivity index (χ1v) is 6.74. The first kappa shape index (κ1) is 13.2. The van der Waals surface area contributed by atoms with Crippen molar-refractivity contribution in [3.63, 3.8) is 0 Å². The molecule has 3 aromatic rings. The predicted octanol–water partition coefficient (Wildman–Crippen LogP) is 4.02. The molecule has 0 bridgehead atoms. The van der Waals surface area contributed by atoms with Crippen LogP contribution >= 0.6 is 0 Å². The molecule has 1 atom stereocenters. The quantitative estimate of drug-likeness (QED) is 0.786. The molecule has 0 aliphatic rings. The molecule has 0 heterocycles. The number of ether oxygens (including phenoxy) is 1. The van der Waals surface area contributed by atoms with Crippen molar-refractivity contribution in [1.82, 2.24) is 0 Å². The maximum absolute atomic E-state index is 11.3. The Morgan fingerprint density at radius 3 is 2.29 bits per heavy atom. The van der Waals surface area contributed by atoms with Crippen molar-refractivity contribution in [2.45, 2.75) is 6.10 Å². The van der Waals surface area contributed by atoms with Gasteiger partial charge in [-0.25, -0.2) is 4.79 Å². The van der Waals surface area contributed by atoms with Crippen LogP contribution in [0.3, 0.4) is 0 Å². The summed E-state index contributed by atoms with van der Waals surface area (Å²) >= 11 is 0. The lowest BCUT2D eigenvalue weighted by atomic mass is 9.96. The molecular weight excluding hydrogens is 262 g/mol. The number of benzene rings is 3. The SMILES string of the molecule is NC(=O)OC(c1ccccc1)c1cccc2ccccc12. The van der Waals surface area contributed by atoms with Crippen LogP contribution in [0.15, 0.2) is 72.8 Å². The predicted molar refractivity (Wildman–Crippen MR) is 82.9 cm³/mol. The van der Waals surface area contributed by atoms with Crippen LogP contribution in [0.5, 0.6) is 0 Å². The molecule has 0 saturated carbocycles. The average molecular weight is 277 g/mol. The Balaban J connectivity index is 2.17. The van der Waals surface area contributed by atoms with E-state index in [2.05, 4.69) is 0 Å². The van der Waals surface area contributed by atoms with Gasteiger partial charge in [0.1, 0.15) is 0 Å². The van der Waals surface area contributed by atoms with Crippen LogP contribution in [0.25, 0.3) is 10.8 Å². The highest BCUT2D eigenvalue weighted by Crippen LogP contribution is 2.31. The minimum absolute atomic E-state index is 0.505. The van der Waals surface area contributed by atoms with Gasteiger partial charge in [-0.1, -0.05) is 72.8 Å². The molecule has 1 amide bonds. The monoisotopic (exact) mass is 277 g/mol. The number of hydrogen-bond donors (Lipinski definition) is 1. The number of primary amides is 1. The summed E-state index contributed by atoms with van der Waals surface area (Å²) in [6.45, 7) is 0. The zero-order chi connectivity index (χ0) is 14.7. The minimum atomic E-state index is -0.781. The van der Waals surface area contributed by atoms with E-state index in [4.69, 9.17) is 10.5 Å². The number of nitrogens with two attached hydrogens (primary N) is 1. The summed E-state index contributed by atoms with van der Waals surface area (Å²) in [7, 11) is 0. The molecule has 3 rings (SSSR count). The molecule has 2 N–H and O–H groups in total. The van der Waals surface area contributed by atoms with Crippen molar-refractivity contribution < 1.29 is 9.53 Å². The standard InChI is InChI=1S/C18H15NO2/c19-18(20)21-17(14-8-2-1-3-9-14)16-12-6-10-13-7-4-5-11-15(13)16/h1-12,17H,(H2,19,20). The fourth-order valence-electron chi connectivity index (χ4n) is 2.53. The summed E-state index contributed by atoms with van der Waals surface area (Å²) in [4.78, 5) is 11.3. The number of amides is 1. The first-order chi connectivity index (χ1) is 10.3. The number of hydrogen-bond acceptors (Lipinski definition) is 2. The number of carbonyl (C=O) groups excluding carboxylic acids is 1. The molecule has 0 aliphatic carbocycles. The van der Waals surface area contributed by atoms with Crippen molar-refractivity contribution in [3.05, 3.63) is 83.9 Å². The number of rotatable bonds is 3. The third-order valence-corrected chi connectivity index (χ3v) is 3.44. The van der Waals surface area contributed by atoms with Crippen LogP contribution in [0.1, 0.15) is 17.2 Å². The largest absolute Gasteiger partial charge is 0.437 e. The Morgan fingerprint density at radius 2 is 1.52 bits per heavy atom. The Kier molecular flexibility index (Phi) is 3.56. The highest BCUT2D eigenvalue weighted by Gasteiger charge is 2.19. The van der Waals surface area contributed by atoms with Gasteiger partial charge < -0.3 is 10.5 Å². The van der Waals surface area contributed by atoms with Gasteiger partial charge in [0.15, 0.2) is 6.10 Å². The third kappa shape index (κ3) is 2.72. The summed E-state index contributed by atoms with van der Waals surface area (Å²) in [6.07, 6.45) is -1.29. The summed E-state index contributed by atoms with van der Waals surface area (Å²) < 4.78 is 5.37. The van der Waals surface area contributed by atoms with E-state index < -0.39 is 12.2 Å². The normalized spacial score (nSPS) is 12.0. The van der Waals surface area contributed by atoms with Gasteiger partial charge in [-0.15, -0.1) is 0 Å². The highest BCUT2D eigenvalue weighted by molar-refractivity contribution is 5.86. The molecule has 3 nitrogen and oxygen atoms in total. The van der Waals surface area contributed by atoms with Gasteiger partial charge in [-0.05, 0) is 16.3 Å². The lowest BCUT2D eigenvalue weighted by Gasteiger charge is -2.19. The van der Waals surface area contributed by atoms with Crippen LogP contribution in [0.4, 0.5) is 4.79 Å². The van der Waals surface area contributed by atoms with Crippen molar-refractivity contribution in [2.24, 2.45) is 5.73 Å². The minimum Gasteiger partial charge on any atom is -0.437 e. The Hall–Kier alpha value is -2.81. The second-order valence-corrected chi connectivity index (χ2v) is 4.80. The van der Waals surface area contributed by atoms with Gasteiger partial charge in [-0.3, -0.25) is 0 Å². The van der Waals surface area contributed by atoms with Crippen LogP contribution in [-0.4, -0.2) is 6.09 Å². The highest BCUT2D eigenvalue weighted by atomic mass is 16.6. The van der Waals surface area contributed by atoms with E-state index in [0.29, 0.717) is 0 Å². The average Bonchev–Trinajstić information content (AvgIpc) is 2.53. The second kappa shape index (κ2) is 5.67. The fourth-order valence-corrected chi connectivity index (χ4v) is 2.53. The molecular formula is C18H15NO2. The summed E-state index contributed by atoms with van der Waals surface area (Å²) in [6, 6.07) is 23.6. The van der Waals surface area contributed by atoms with E-state index >= 15 is 0 Å². The molecule has 1 unspecified atom stereocenters. The summed E-state index contributed by atoms with van der Waals surface area (Å²) in [5, 5.41) is 2.15. The van der Waals surface area contributed by atoms with Crippen LogP contribution in [0, 0.1) is 0 Å². The lowest BCUT2D eigenvalue weighted by molar-refractivity contribution is 0.127. The Labute approximate surface area is 123 Å². The molecule has 0 radical (unpaired) electrons. The fraction of sp³-hybridized carbons (Fsp3) is 0.0556. The van der Waals surface area contributed by atoms with Crippen molar-refractivity contribution >= 4 is 16.9 Å². The van der Waals surface area contributed by atoms with Crippen molar-refractivity contribution in [2.75, 3.05) is 0 Å². The smallest absolute Gasteiger partial charge is 0.405 e. The maximum Gasteiger partial charge on any atom is 0.405 e. The van der Waals surface area contributed by atoms with Crippen molar-refractivity contribution in [3.8, 4) is 0 Å². The Bertz CT molecular complexity index is 763. The van der Waals surface area contributed by atoms with E-state index in [-0.39, 0.29) is 0 Å². The first-order valence-electron chi connectivity index (χ1n) is 6.74. The van der Waals surface area contributed by atoms with Crippen LogP contribution in [0.2, 0.25) is 0 Å². The van der Waals surface area contributed by atoms with E-state index in [1.807, 2.05) is 72.8 Å². The zero-order valence-electron chi connectivity index (χ0n) is 11.4. The van der Waals surface area contributed by atoms with E-state index in [1.165, 1.54) is 0 Å². The topological polar surface area (TPSA) is 52.3 Å². The van der Waals surface area contributed by atoms with Crippen molar-refractivity contribution in [1.29, 1.82) is 0 Å². The second-order valence-electron chi connectivity index (χ2n) is 4.80. The Morgan fingerprint density at radius 1 is 0.857 bits per heavy atom. The van der Waals surface area contributed by atoms with E-state index in [0.717, 1.165) is 21.9 Å². The molecule has 104 valence electrons. The van der Waals surface area contributed by atoms with E-state index in [9.17, 15) is 4.79 Å². The maximum atomic E-state index is 11.3. The molecule has 3 heteroatoms. The summed E-state index contributed by atoms with van der Waals surface area (Å²) in [5.74, 6) is 0. The molecule has 0 saturated heterocycles. The molecule has 0 aromatic heterocycles. The molecule has 0 fully saturated rings. The third-order valence-electron chi connectivity index (χ3n) is 3.44.